The number of nitrogens with zero attached hydrogens (tertiary/aromatic N) is 2. The summed E-state index contributed by atoms with van der Waals surface area (Å²) >= 11 is 0. The Hall–Kier alpha value is -1.94. The molecule has 1 aromatic carbocycles. The van der Waals surface area contributed by atoms with E-state index >= 15 is 0 Å². The Kier molecular flexibility index (Phi) is 2.95. The third kappa shape index (κ3) is 2.19. The lowest BCUT2D eigenvalue weighted by Crippen LogP contribution is -2.15. The summed E-state index contributed by atoms with van der Waals surface area (Å²) in [4.78, 5) is 6.32. The maximum atomic E-state index is 13.4. The minimum absolute atomic E-state index is 0.239. The van der Waals surface area contributed by atoms with Gasteiger partial charge in [-0.25, -0.2) is 9.37 Å². The molecule has 0 amide bonds. The molecule has 98 valence electrons. The maximum Gasteiger partial charge on any atom is 0.133 e. The Labute approximate surface area is 111 Å². The molecule has 4 heteroatoms. The highest BCUT2D eigenvalue weighted by atomic mass is 19.1. The van der Waals surface area contributed by atoms with Gasteiger partial charge in [-0.2, -0.15) is 0 Å². The van der Waals surface area contributed by atoms with Crippen molar-refractivity contribution in [3.63, 3.8) is 0 Å². The van der Waals surface area contributed by atoms with E-state index in [2.05, 4.69) is 4.98 Å². The molecule has 1 aliphatic rings. The molecule has 2 heterocycles. The second-order valence-electron chi connectivity index (χ2n) is 4.80. The van der Waals surface area contributed by atoms with E-state index in [4.69, 9.17) is 0 Å². The maximum absolute atomic E-state index is 13.4. The van der Waals surface area contributed by atoms with Crippen molar-refractivity contribution < 1.29 is 9.50 Å². The number of rotatable bonds is 2. The number of anilines is 2. The van der Waals surface area contributed by atoms with Crippen molar-refractivity contribution >= 4 is 11.5 Å². The van der Waals surface area contributed by atoms with Crippen molar-refractivity contribution in [1.29, 1.82) is 0 Å². The zero-order valence-corrected chi connectivity index (χ0v) is 10.7. The molecule has 0 aliphatic carbocycles. The second-order valence-corrected chi connectivity index (χ2v) is 4.80. The number of benzene rings is 1. The Morgan fingerprint density at radius 3 is 2.95 bits per heavy atom. The van der Waals surface area contributed by atoms with Crippen LogP contribution >= 0.6 is 0 Å². The van der Waals surface area contributed by atoms with E-state index in [1.807, 2.05) is 17.0 Å². The normalized spacial score (nSPS) is 15.4. The van der Waals surface area contributed by atoms with Gasteiger partial charge in [0, 0.05) is 18.4 Å². The van der Waals surface area contributed by atoms with Crippen LogP contribution in [0.3, 0.4) is 0 Å². The molecule has 0 radical (unpaired) electrons. The first-order valence-corrected chi connectivity index (χ1v) is 6.35. The van der Waals surface area contributed by atoms with Crippen LogP contribution in [0, 0.1) is 5.82 Å². The highest BCUT2D eigenvalue weighted by molar-refractivity contribution is 5.67. The first-order chi connectivity index (χ1) is 9.15. The van der Waals surface area contributed by atoms with E-state index in [0.717, 1.165) is 35.6 Å². The zero-order valence-electron chi connectivity index (χ0n) is 10.7. The van der Waals surface area contributed by atoms with E-state index < -0.39 is 6.10 Å². The highest BCUT2D eigenvalue weighted by Gasteiger charge is 2.22. The summed E-state index contributed by atoms with van der Waals surface area (Å²) < 4.78 is 13.4. The fourth-order valence-corrected chi connectivity index (χ4v) is 2.43. The molecule has 1 N–H and O–H groups in total. The minimum Gasteiger partial charge on any atom is -0.389 e. The van der Waals surface area contributed by atoms with Gasteiger partial charge in [0.05, 0.1) is 6.10 Å². The van der Waals surface area contributed by atoms with Gasteiger partial charge >= 0.3 is 0 Å². The Morgan fingerprint density at radius 2 is 2.16 bits per heavy atom. The third-order valence-electron chi connectivity index (χ3n) is 3.47. The van der Waals surface area contributed by atoms with Crippen LogP contribution in [0.25, 0.3) is 0 Å². The number of pyridine rings is 1. The summed E-state index contributed by atoms with van der Waals surface area (Å²) in [7, 11) is 0. The molecule has 1 unspecified atom stereocenters. The molecule has 1 aromatic heterocycles. The van der Waals surface area contributed by atoms with Crippen LogP contribution in [-0.4, -0.2) is 16.6 Å². The van der Waals surface area contributed by atoms with Crippen molar-refractivity contribution in [1.82, 2.24) is 4.98 Å². The molecule has 0 fully saturated rings. The Balaban J connectivity index is 2.01. The quantitative estimate of drug-likeness (QED) is 0.899. The van der Waals surface area contributed by atoms with Gasteiger partial charge in [-0.15, -0.1) is 0 Å². The van der Waals surface area contributed by atoms with Gasteiger partial charge in [-0.05, 0) is 48.7 Å². The predicted molar refractivity (Wildman–Crippen MR) is 72.0 cm³/mol. The van der Waals surface area contributed by atoms with Gasteiger partial charge in [-0.1, -0.05) is 6.07 Å². The van der Waals surface area contributed by atoms with E-state index in [-0.39, 0.29) is 5.82 Å². The SMILES string of the molecule is CC(O)c1ccnc(N2CCc3ccc(F)cc32)c1. The van der Waals surface area contributed by atoms with Crippen LogP contribution in [0.4, 0.5) is 15.9 Å². The smallest absolute Gasteiger partial charge is 0.133 e. The Morgan fingerprint density at radius 1 is 1.32 bits per heavy atom. The average Bonchev–Trinajstić information content (AvgIpc) is 2.81. The molecule has 0 saturated carbocycles. The molecular formula is C15H15FN2O. The second kappa shape index (κ2) is 4.63. The number of aliphatic hydroxyl groups is 1. The third-order valence-corrected chi connectivity index (χ3v) is 3.47. The van der Waals surface area contributed by atoms with Gasteiger partial charge in [0.15, 0.2) is 0 Å². The molecule has 0 spiro atoms. The number of aliphatic hydroxyl groups excluding tert-OH is 1. The monoisotopic (exact) mass is 258 g/mol. The standard InChI is InChI=1S/C15H15FN2O/c1-10(19)12-4-6-17-15(8-12)18-7-5-11-2-3-13(16)9-14(11)18/h2-4,6,8-10,19H,5,7H2,1H3. The summed E-state index contributed by atoms with van der Waals surface area (Å²) in [5.74, 6) is 0.514. The molecule has 1 atom stereocenters. The number of halogens is 1. The van der Waals surface area contributed by atoms with Crippen molar-refractivity contribution in [2.45, 2.75) is 19.4 Å². The summed E-state index contributed by atoms with van der Waals surface area (Å²) in [6.45, 7) is 2.51. The molecular weight excluding hydrogens is 243 g/mol. The Bertz CT molecular complexity index is 613. The highest BCUT2D eigenvalue weighted by Crippen LogP contribution is 2.34. The summed E-state index contributed by atoms with van der Waals surface area (Å²) in [5, 5.41) is 9.62. The molecule has 0 bridgehead atoms. The minimum atomic E-state index is -0.531. The summed E-state index contributed by atoms with van der Waals surface area (Å²) in [5.41, 5.74) is 2.82. The van der Waals surface area contributed by atoms with Gasteiger partial charge in [0.1, 0.15) is 11.6 Å². The van der Waals surface area contributed by atoms with Crippen LogP contribution in [-0.2, 0) is 6.42 Å². The van der Waals surface area contributed by atoms with Gasteiger partial charge in [0.25, 0.3) is 0 Å². The van der Waals surface area contributed by atoms with Crippen molar-refractivity contribution in [2.75, 3.05) is 11.4 Å². The lowest BCUT2D eigenvalue weighted by molar-refractivity contribution is 0.199. The number of aromatic nitrogens is 1. The van der Waals surface area contributed by atoms with Crippen LogP contribution in [0.1, 0.15) is 24.2 Å². The van der Waals surface area contributed by atoms with Crippen LogP contribution in [0.5, 0.6) is 0 Å². The van der Waals surface area contributed by atoms with Crippen LogP contribution in [0.15, 0.2) is 36.5 Å². The van der Waals surface area contributed by atoms with Crippen LogP contribution in [0.2, 0.25) is 0 Å². The first-order valence-electron chi connectivity index (χ1n) is 6.35. The van der Waals surface area contributed by atoms with E-state index in [1.165, 1.54) is 6.07 Å². The number of hydrogen-bond acceptors (Lipinski definition) is 3. The summed E-state index contributed by atoms with van der Waals surface area (Å²) in [6.07, 6.45) is 2.03. The zero-order chi connectivity index (χ0) is 13.4. The summed E-state index contributed by atoms with van der Waals surface area (Å²) in [6, 6.07) is 8.49. The van der Waals surface area contributed by atoms with Gasteiger partial charge < -0.3 is 10.0 Å². The lowest BCUT2D eigenvalue weighted by atomic mass is 10.1. The van der Waals surface area contributed by atoms with Crippen molar-refractivity contribution in [3.8, 4) is 0 Å². The van der Waals surface area contributed by atoms with Crippen LogP contribution < -0.4 is 4.90 Å². The average molecular weight is 258 g/mol. The predicted octanol–water partition coefficient (Wildman–Crippen LogP) is 2.97. The molecule has 3 rings (SSSR count). The van der Waals surface area contributed by atoms with Gasteiger partial charge in [-0.3, -0.25) is 0 Å². The van der Waals surface area contributed by atoms with Crippen molar-refractivity contribution in [3.05, 3.63) is 53.5 Å². The van der Waals surface area contributed by atoms with Crippen molar-refractivity contribution in [2.24, 2.45) is 0 Å². The number of hydrogen-bond donors (Lipinski definition) is 1. The first kappa shape index (κ1) is 12.1. The molecule has 3 nitrogen and oxygen atoms in total. The molecule has 19 heavy (non-hydrogen) atoms. The topological polar surface area (TPSA) is 36.4 Å². The van der Waals surface area contributed by atoms with E-state index in [0.29, 0.717) is 0 Å². The largest absolute Gasteiger partial charge is 0.389 e. The number of fused-ring (bicyclic) bond motifs is 1. The molecule has 1 aliphatic heterocycles. The molecule has 0 saturated heterocycles. The molecule has 2 aromatic rings. The lowest BCUT2D eigenvalue weighted by Gasteiger charge is -2.19. The fourth-order valence-electron chi connectivity index (χ4n) is 2.43. The van der Waals surface area contributed by atoms with Gasteiger partial charge in [0.2, 0.25) is 0 Å². The van der Waals surface area contributed by atoms with E-state index in [9.17, 15) is 9.50 Å². The fraction of sp³-hybridized carbons (Fsp3) is 0.267. The van der Waals surface area contributed by atoms with E-state index in [1.54, 1.807) is 25.3 Å².